The topological polar surface area (TPSA) is 58.2 Å². The molecule has 0 heterocycles. The van der Waals surface area contributed by atoms with Gasteiger partial charge < -0.3 is 10.6 Å². The van der Waals surface area contributed by atoms with Crippen molar-refractivity contribution in [1.29, 1.82) is 0 Å². The summed E-state index contributed by atoms with van der Waals surface area (Å²) < 4.78 is 0. The maximum Gasteiger partial charge on any atom is 0.255 e. The lowest BCUT2D eigenvalue weighted by molar-refractivity contribution is 0.0958. The van der Waals surface area contributed by atoms with Gasteiger partial charge in [-0.15, -0.1) is 6.58 Å². The summed E-state index contributed by atoms with van der Waals surface area (Å²) in [6.07, 6.45) is 1.61. The smallest absolute Gasteiger partial charge is 0.255 e. The summed E-state index contributed by atoms with van der Waals surface area (Å²) in [5.74, 6) is -0.161. The van der Waals surface area contributed by atoms with Gasteiger partial charge >= 0.3 is 0 Å². The van der Waals surface area contributed by atoms with Crippen LogP contribution in [0.15, 0.2) is 61.2 Å². The van der Waals surface area contributed by atoms with E-state index in [2.05, 4.69) is 31.1 Å². The van der Waals surface area contributed by atoms with Crippen LogP contribution in [-0.2, 0) is 0 Å². The molecule has 4 nitrogen and oxygen atoms in total. The normalized spacial score (nSPS) is 10.3. The lowest BCUT2D eigenvalue weighted by Crippen LogP contribution is -2.23. The van der Waals surface area contributed by atoms with E-state index in [-0.39, 0.29) is 11.8 Å². The van der Waals surface area contributed by atoms with Gasteiger partial charge in [-0.2, -0.15) is 0 Å². The molecule has 0 aliphatic carbocycles. The number of benzene rings is 2. The number of hydrogen-bond acceptors (Lipinski definition) is 2. The highest BCUT2D eigenvalue weighted by Crippen LogP contribution is 2.24. The van der Waals surface area contributed by atoms with Crippen LogP contribution >= 0.6 is 0 Å². The van der Waals surface area contributed by atoms with Crippen LogP contribution in [0.4, 0.5) is 5.69 Å². The fraction of sp³-hybridized carbons (Fsp3) is 0.200. The third kappa shape index (κ3) is 4.32. The Hall–Kier alpha value is -2.88. The number of para-hydroxylation sites is 1. The van der Waals surface area contributed by atoms with E-state index in [1.54, 1.807) is 30.3 Å². The standard InChI is InChI=1S/C20H22N2O2/c1-4-12-21-19(23)15-8-7-9-16(13-15)20(24)22-18-11-6-5-10-17(18)14(2)3/h4-11,13-14H,1,12H2,2-3H3,(H,21,23)(H,22,24). The number of rotatable bonds is 6. The highest BCUT2D eigenvalue weighted by Gasteiger charge is 2.13. The first-order chi connectivity index (χ1) is 11.5. The van der Waals surface area contributed by atoms with Crippen molar-refractivity contribution in [1.82, 2.24) is 5.32 Å². The molecule has 0 saturated carbocycles. The highest BCUT2D eigenvalue weighted by atomic mass is 16.2. The summed E-state index contributed by atoms with van der Waals surface area (Å²) in [6, 6.07) is 14.4. The predicted octanol–water partition coefficient (Wildman–Crippen LogP) is 3.98. The Morgan fingerprint density at radius 2 is 1.71 bits per heavy atom. The van der Waals surface area contributed by atoms with Crippen molar-refractivity contribution < 1.29 is 9.59 Å². The van der Waals surface area contributed by atoms with Gasteiger partial charge in [0.15, 0.2) is 0 Å². The SMILES string of the molecule is C=CCNC(=O)c1cccc(C(=O)Nc2ccccc2C(C)C)c1. The van der Waals surface area contributed by atoms with E-state index < -0.39 is 0 Å². The Balaban J connectivity index is 2.19. The zero-order chi connectivity index (χ0) is 17.5. The van der Waals surface area contributed by atoms with Gasteiger partial charge in [0.2, 0.25) is 0 Å². The van der Waals surface area contributed by atoms with Crippen LogP contribution in [0, 0.1) is 0 Å². The third-order valence-electron chi connectivity index (χ3n) is 3.62. The molecule has 4 heteroatoms. The van der Waals surface area contributed by atoms with Gasteiger partial charge in [-0.05, 0) is 35.7 Å². The zero-order valence-corrected chi connectivity index (χ0v) is 14.0. The molecule has 0 atom stereocenters. The fourth-order valence-electron chi connectivity index (χ4n) is 2.38. The van der Waals surface area contributed by atoms with Gasteiger partial charge in [-0.3, -0.25) is 9.59 Å². The van der Waals surface area contributed by atoms with Crippen LogP contribution in [0.1, 0.15) is 46.0 Å². The molecule has 0 aliphatic heterocycles. The Kier molecular flexibility index (Phi) is 5.90. The van der Waals surface area contributed by atoms with E-state index in [1.165, 1.54) is 0 Å². The summed E-state index contributed by atoms with van der Waals surface area (Å²) in [5, 5.41) is 5.63. The number of amides is 2. The molecule has 0 unspecified atom stereocenters. The van der Waals surface area contributed by atoms with Crippen molar-refractivity contribution in [2.75, 3.05) is 11.9 Å². The van der Waals surface area contributed by atoms with Crippen LogP contribution in [0.3, 0.4) is 0 Å². The van der Waals surface area contributed by atoms with Crippen LogP contribution in [0.25, 0.3) is 0 Å². The molecule has 0 aromatic heterocycles. The van der Waals surface area contributed by atoms with Gasteiger partial charge in [0.05, 0.1) is 0 Å². The first kappa shape index (κ1) is 17.5. The predicted molar refractivity (Wildman–Crippen MR) is 97.5 cm³/mol. The lowest BCUT2D eigenvalue weighted by atomic mass is 10.0. The van der Waals surface area contributed by atoms with E-state index in [0.29, 0.717) is 23.6 Å². The largest absolute Gasteiger partial charge is 0.349 e. The zero-order valence-electron chi connectivity index (χ0n) is 14.0. The first-order valence-corrected chi connectivity index (χ1v) is 7.92. The van der Waals surface area contributed by atoms with Crippen LogP contribution < -0.4 is 10.6 Å². The molecule has 2 rings (SSSR count). The van der Waals surface area contributed by atoms with E-state index in [9.17, 15) is 9.59 Å². The summed E-state index contributed by atoms with van der Waals surface area (Å²) in [4.78, 5) is 24.5. The maximum absolute atomic E-state index is 12.5. The van der Waals surface area contributed by atoms with Crippen molar-refractivity contribution in [3.63, 3.8) is 0 Å². The molecular weight excluding hydrogens is 300 g/mol. The Morgan fingerprint density at radius 3 is 2.38 bits per heavy atom. The monoisotopic (exact) mass is 322 g/mol. The molecule has 124 valence electrons. The number of hydrogen-bond donors (Lipinski definition) is 2. The number of carbonyl (C=O) groups excluding carboxylic acids is 2. The second-order valence-electron chi connectivity index (χ2n) is 5.78. The minimum Gasteiger partial charge on any atom is -0.349 e. The lowest BCUT2D eigenvalue weighted by Gasteiger charge is -2.14. The summed E-state index contributed by atoms with van der Waals surface area (Å²) in [5.41, 5.74) is 2.76. The first-order valence-electron chi connectivity index (χ1n) is 7.92. The van der Waals surface area contributed by atoms with Gasteiger partial charge in [-0.1, -0.05) is 44.2 Å². The Bertz CT molecular complexity index is 751. The van der Waals surface area contributed by atoms with E-state index >= 15 is 0 Å². The molecule has 2 N–H and O–H groups in total. The van der Waals surface area contributed by atoms with E-state index in [1.807, 2.05) is 24.3 Å². The molecule has 0 spiro atoms. The Labute approximate surface area is 142 Å². The molecule has 0 aliphatic rings. The molecule has 0 radical (unpaired) electrons. The average molecular weight is 322 g/mol. The molecule has 0 bridgehead atoms. The highest BCUT2D eigenvalue weighted by molar-refractivity contribution is 6.06. The van der Waals surface area contributed by atoms with Gasteiger partial charge in [0, 0.05) is 23.4 Å². The summed E-state index contributed by atoms with van der Waals surface area (Å²) in [6.45, 7) is 8.11. The average Bonchev–Trinajstić information content (AvgIpc) is 2.60. The van der Waals surface area contributed by atoms with Crippen LogP contribution in [-0.4, -0.2) is 18.4 Å². The van der Waals surface area contributed by atoms with Gasteiger partial charge in [0.25, 0.3) is 11.8 Å². The summed E-state index contributed by atoms with van der Waals surface area (Å²) >= 11 is 0. The van der Waals surface area contributed by atoms with E-state index in [0.717, 1.165) is 11.3 Å². The van der Waals surface area contributed by atoms with Crippen molar-refractivity contribution in [2.45, 2.75) is 19.8 Å². The molecule has 0 fully saturated rings. The number of anilines is 1. The number of nitrogens with one attached hydrogen (secondary N) is 2. The van der Waals surface area contributed by atoms with Crippen molar-refractivity contribution in [2.24, 2.45) is 0 Å². The summed E-state index contributed by atoms with van der Waals surface area (Å²) in [7, 11) is 0. The minimum atomic E-state index is -0.235. The molecule has 2 aromatic rings. The van der Waals surface area contributed by atoms with Crippen molar-refractivity contribution in [3.05, 3.63) is 77.9 Å². The minimum absolute atomic E-state index is 0.230. The molecule has 2 aromatic carbocycles. The maximum atomic E-state index is 12.5. The van der Waals surface area contributed by atoms with Gasteiger partial charge in [0.1, 0.15) is 0 Å². The molecular formula is C20H22N2O2. The molecule has 24 heavy (non-hydrogen) atoms. The third-order valence-corrected chi connectivity index (χ3v) is 3.62. The van der Waals surface area contributed by atoms with Crippen LogP contribution in [0.5, 0.6) is 0 Å². The van der Waals surface area contributed by atoms with E-state index in [4.69, 9.17) is 0 Å². The number of carbonyl (C=O) groups is 2. The Morgan fingerprint density at radius 1 is 1.04 bits per heavy atom. The van der Waals surface area contributed by atoms with Gasteiger partial charge in [-0.25, -0.2) is 0 Å². The molecule has 2 amide bonds. The molecule has 0 saturated heterocycles. The van der Waals surface area contributed by atoms with Crippen LogP contribution in [0.2, 0.25) is 0 Å². The van der Waals surface area contributed by atoms with Crippen molar-refractivity contribution >= 4 is 17.5 Å². The quantitative estimate of drug-likeness (QED) is 0.790. The van der Waals surface area contributed by atoms with Crippen molar-refractivity contribution in [3.8, 4) is 0 Å². The second kappa shape index (κ2) is 8.11. The fourth-order valence-corrected chi connectivity index (χ4v) is 2.38. The second-order valence-corrected chi connectivity index (χ2v) is 5.78.